The molecule has 25 heavy (non-hydrogen) atoms. The number of carbonyl (C=O) groups is 1. The molecule has 2 heterocycles. The molecule has 0 amide bonds. The number of benzene rings is 1. The zero-order chi connectivity index (χ0) is 18.4. The second-order valence-electron chi connectivity index (χ2n) is 4.92. The molecule has 130 valence electrons. The minimum absolute atomic E-state index is 0.297. The van der Waals surface area contributed by atoms with Crippen molar-refractivity contribution in [1.82, 2.24) is 4.98 Å². The van der Waals surface area contributed by atoms with Gasteiger partial charge in [-0.1, -0.05) is 30.3 Å². The first-order chi connectivity index (χ1) is 11.9. The lowest BCUT2D eigenvalue weighted by Crippen LogP contribution is -1.96. The molecule has 0 atom stereocenters. The fourth-order valence-corrected chi connectivity index (χ4v) is 3.94. The van der Waals surface area contributed by atoms with Crippen LogP contribution in [0, 0.1) is 17.0 Å². The summed E-state index contributed by atoms with van der Waals surface area (Å²) in [5.74, 6) is -0.297. The number of aryl methyl sites for hydroxylation is 1. The molecule has 0 aliphatic carbocycles. The Morgan fingerprint density at radius 3 is 2.52 bits per heavy atom. The number of esters is 1. The Morgan fingerprint density at radius 2 is 1.92 bits per heavy atom. The third-order valence-corrected chi connectivity index (χ3v) is 5.01. The van der Waals surface area contributed by atoms with Gasteiger partial charge in [0.15, 0.2) is 7.05 Å². The van der Waals surface area contributed by atoms with Gasteiger partial charge >= 0.3 is 5.97 Å². The molecule has 2 aromatic heterocycles. The summed E-state index contributed by atoms with van der Waals surface area (Å²) >= 11 is 3.03. The molecule has 8 heteroatoms. The van der Waals surface area contributed by atoms with Gasteiger partial charge in [-0.15, -0.1) is 22.7 Å². The number of hydrogen-bond acceptors (Lipinski definition) is 7. The van der Waals surface area contributed by atoms with Crippen molar-refractivity contribution in [3.63, 3.8) is 0 Å². The number of nitrogens with zero attached hydrogens (tertiary/aromatic N) is 2. The molecule has 0 fully saturated rings. The van der Waals surface area contributed by atoms with Gasteiger partial charge in [0, 0.05) is 26.3 Å². The molecule has 0 radical (unpaired) electrons. The van der Waals surface area contributed by atoms with Crippen molar-refractivity contribution in [3.05, 3.63) is 61.6 Å². The summed E-state index contributed by atoms with van der Waals surface area (Å²) in [6.45, 7) is 2.00. The third-order valence-electron chi connectivity index (χ3n) is 3.11. The first kappa shape index (κ1) is 18.8. The van der Waals surface area contributed by atoms with E-state index < -0.39 is 4.92 Å². The van der Waals surface area contributed by atoms with Gasteiger partial charge in [0.25, 0.3) is 0 Å². The molecular weight excluding hydrogens is 360 g/mol. The SMILES string of the molecule is COC(=O)c1cc(-c2nc(-c3ccccc3)cs2)c(C)s1.C[N+](=O)[O-]. The van der Waals surface area contributed by atoms with E-state index in [-0.39, 0.29) is 5.97 Å². The molecule has 0 saturated carbocycles. The van der Waals surface area contributed by atoms with Gasteiger partial charge in [-0.05, 0) is 13.0 Å². The number of thiazole rings is 1. The summed E-state index contributed by atoms with van der Waals surface area (Å²) in [6, 6.07) is 11.9. The Kier molecular flexibility index (Phi) is 6.37. The molecule has 0 aliphatic heterocycles. The van der Waals surface area contributed by atoms with Crippen molar-refractivity contribution >= 4 is 28.6 Å². The van der Waals surface area contributed by atoms with Gasteiger partial charge in [-0.3, -0.25) is 10.1 Å². The molecule has 0 N–H and O–H groups in total. The van der Waals surface area contributed by atoms with Crippen LogP contribution in [0.1, 0.15) is 14.5 Å². The molecule has 1 aromatic carbocycles. The summed E-state index contributed by atoms with van der Waals surface area (Å²) in [4.78, 5) is 26.3. The van der Waals surface area contributed by atoms with Crippen LogP contribution in [-0.2, 0) is 4.74 Å². The van der Waals surface area contributed by atoms with E-state index in [4.69, 9.17) is 14.9 Å². The largest absolute Gasteiger partial charge is 0.465 e. The van der Waals surface area contributed by atoms with Gasteiger partial charge in [0.05, 0.1) is 12.8 Å². The van der Waals surface area contributed by atoms with E-state index in [1.807, 2.05) is 48.7 Å². The average Bonchev–Trinajstić information content (AvgIpc) is 3.21. The number of ether oxygens (including phenoxy) is 1. The Balaban J connectivity index is 0.000000511. The van der Waals surface area contributed by atoms with Crippen molar-refractivity contribution in [1.29, 1.82) is 0 Å². The quantitative estimate of drug-likeness (QED) is 0.381. The second-order valence-corrected chi connectivity index (χ2v) is 7.03. The maximum absolute atomic E-state index is 11.6. The molecule has 3 rings (SSSR count). The van der Waals surface area contributed by atoms with Crippen molar-refractivity contribution in [2.75, 3.05) is 14.2 Å². The predicted molar refractivity (Wildman–Crippen MR) is 99.9 cm³/mol. The Labute approximate surface area is 152 Å². The standard InChI is InChI=1S/C16H13NO2S2.CH3NO2/c1-10-12(8-14(21-10)16(18)19-2)15-17-13(9-20-15)11-6-4-3-5-7-11;1-2(3)4/h3-9H,1-2H3;1H3. The minimum Gasteiger partial charge on any atom is -0.465 e. The highest BCUT2D eigenvalue weighted by molar-refractivity contribution is 7.16. The van der Waals surface area contributed by atoms with Gasteiger partial charge in [0.1, 0.15) is 9.88 Å². The van der Waals surface area contributed by atoms with Gasteiger partial charge in [-0.2, -0.15) is 0 Å². The number of methoxy groups -OCH3 is 1. The fourth-order valence-electron chi connectivity index (χ4n) is 2.03. The molecule has 3 aromatic rings. The minimum atomic E-state index is -0.500. The van der Waals surface area contributed by atoms with Crippen LogP contribution in [0.15, 0.2) is 41.8 Å². The molecule has 0 bridgehead atoms. The topological polar surface area (TPSA) is 82.3 Å². The molecular formula is C17H16N2O4S2. The zero-order valence-electron chi connectivity index (χ0n) is 13.9. The van der Waals surface area contributed by atoms with Crippen molar-refractivity contribution < 1.29 is 14.5 Å². The number of rotatable bonds is 3. The lowest BCUT2D eigenvalue weighted by Gasteiger charge is -1.95. The van der Waals surface area contributed by atoms with Crippen LogP contribution < -0.4 is 0 Å². The van der Waals surface area contributed by atoms with Gasteiger partial charge in [0.2, 0.25) is 0 Å². The lowest BCUT2D eigenvalue weighted by molar-refractivity contribution is -0.445. The lowest BCUT2D eigenvalue weighted by atomic mass is 10.2. The Bertz CT molecular complexity index is 868. The molecule has 0 spiro atoms. The molecule has 6 nitrogen and oxygen atoms in total. The maximum atomic E-state index is 11.6. The first-order valence-electron chi connectivity index (χ1n) is 7.20. The van der Waals surface area contributed by atoms with E-state index in [1.165, 1.54) is 18.4 Å². The van der Waals surface area contributed by atoms with E-state index in [2.05, 4.69) is 4.98 Å². The maximum Gasteiger partial charge on any atom is 0.348 e. The number of thiophene rings is 1. The van der Waals surface area contributed by atoms with E-state index >= 15 is 0 Å². The van der Waals surface area contributed by atoms with Crippen molar-refractivity contribution in [3.8, 4) is 21.8 Å². The first-order valence-corrected chi connectivity index (χ1v) is 8.90. The Morgan fingerprint density at radius 1 is 1.28 bits per heavy atom. The van der Waals surface area contributed by atoms with Crippen LogP contribution in [-0.4, -0.2) is 30.0 Å². The smallest absolute Gasteiger partial charge is 0.348 e. The molecule has 0 unspecified atom stereocenters. The summed E-state index contributed by atoms with van der Waals surface area (Å²) in [7, 11) is 2.29. The van der Waals surface area contributed by atoms with Crippen LogP contribution in [0.3, 0.4) is 0 Å². The molecule has 0 saturated heterocycles. The highest BCUT2D eigenvalue weighted by atomic mass is 32.1. The third kappa shape index (κ3) is 4.94. The highest BCUT2D eigenvalue weighted by Gasteiger charge is 2.16. The van der Waals surface area contributed by atoms with Crippen LogP contribution in [0.4, 0.5) is 0 Å². The van der Waals surface area contributed by atoms with Crippen molar-refractivity contribution in [2.24, 2.45) is 0 Å². The average molecular weight is 376 g/mol. The van der Waals surface area contributed by atoms with E-state index in [0.717, 1.165) is 33.8 Å². The Hall–Kier alpha value is -2.58. The van der Waals surface area contributed by atoms with E-state index in [1.54, 1.807) is 11.3 Å². The van der Waals surface area contributed by atoms with Crippen LogP contribution >= 0.6 is 22.7 Å². The van der Waals surface area contributed by atoms with Gasteiger partial charge < -0.3 is 4.74 Å². The predicted octanol–water partition coefficient (Wildman–Crippen LogP) is 4.53. The number of carbonyl (C=O) groups excluding carboxylic acids is 1. The summed E-state index contributed by atoms with van der Waals surface area (Å²) in [5.41, 5.74) is 3.06. The van der Waals surface area contributed by atoms with E-state index in [0.29, 0.717) is 4.88 Å². The van der Waals surface area contributed by atoms with Crippen LogP contribution in [0.5, 0.6) is 0 Å². The van der Waals surface area contributed by atoms with Gasteiger partial charge in [-0.25, -0.2) is 9.78 Å². The zero-order valence-corrected chi connectivity index (χ0v) is 15.5. The summed E-state index contributed by atoms with van der Waals surface area (Å²) in [5, 5.41) is 11.8. The second kappa shape index (κ2) is 8.50. The normalized spacial score (nSPS) is 9.88. The molecule has 0 aliphatic rings. The van der Waals surface area contributed by atoms with Crippen LogP contribution in [0.2, 0.25) is 0 Å². The van der Waals surface area contributed by atoms with Crippen molar-refractivity contribution in [2.45, 2.75) is 6.92 Å². The number of aromatic nitrogens is 1. The van der Waals surface area contributed by atoms with Crippen LogP contribution in [0.25, 0.3) is 21.8 Å². The summed E-state index contributed by atoms with van der Waals surface area (Å²) < 4.78 is 4.77. The van der Waals surface area contributed by atoms with E-state index in [9.17, 15) is 4.79 Å². The number of nitro groups is 1. The number of hydrogen-bond donors (Lipinski definition) is 0. The fraction of sp³-hybridized carbons (Fsp3) is 0.176. The highest BCUT2D eigenvalue weighted by Crippen LogP contribution is 2.35. The summed E-state index contributed by atoms with van der Waals surface area (Å²) in [6.07, 6.45) is 0. The monoisotopic (exact) mass is 376 g/mol.